The second kappa shape index (κ2) is 8.44. The molecule has 1 heterocycles. The van der Waals surface area contributed by atoms with E-state index in [0.717, 1.165) is 27.5 Å². The van der Waals surface area contributed by atoms with E-state index in [1.54, 1.807) is 0 Å². The van der Waals surface area contributed by atoms with Crippen molar-refractivity contribution in [3.63, 3.8) is 0 Å². The van der Waals surface area contributed by atoms with Crippen LogP contribution in [-0.2, 0) is 0 Å². The van der Waals surface area contributed by atoms with Gasteiger partial charge in [-0.15, -0.1) is 0 Å². The fourth-order valence-electron chi connectivity index (χ4n) is 7.59. The van der Waals surface area contributed by atoms with Crippen LogP contribution >= 0.6 is 0 Å². The van der Waals surface area contributed by atoms with E-state index in [1.807, 2.05) is 0 Å². The first-order valence-corrected chi connectivity index (χ1v) is 14.9. The van der Waals surface area contributed by atoms with E-state index in [4.69, 9.17) is 4.42 Å². The van der Waals surface area contributed by atoms with Gasteiger partial charge >= 0.3 is 0 Å². The highest BCUT2D eigenvalue weighted by Crippen LogP contribution is 2.56. The molecule has 1 aliphatic rings. The molecule has 0 atom stereocenters. The lowest BCUT2D eigenvalue weighted by Gasteiger charge is -2.17. The fraction of sp³-hybridized carbons (Fsp3) is 0. The molecule has 0 saturated carbocycles. The van der Waals surface area contributed by atoms with Crippen molar-refractivity contribution in [2.45, 2.75) is 0 Å². The zero-order chi connectivity index (χ0) is 28.1. The smallest absolute Gasteiger partial charge is 0.143 e. The maximum absolute atomic E-state index is 6.69. The van der Waals surface area contributed by atoms with E-state index in [9.17, 15) is 0 Å². The van der Waals surface area contributed by atoms with Gasteiger partial charge in [0, 0.05) is 21.9 Å². The van der Waals surface area contributed by atoms with Gasteiger partial charge in [0.1, 0.15) is 11.2 Å². The summed E-state index contributed by atoms with van der Waals surface area (Å²) in [5.74, 6) is 0. The molecule has 0 spiro atoms. The molecule has 0 bridgehead atoms. The van der Waals surface area contributed by atoms with Crippen LogP contribution in [0, 0.1) is 0 Å². The molecule has 0 unspecified atom stereocenters. The van der Waals surface area contributed by atoms with Crippen molar-refractivity contribution in [1.29, 1.82) is 0 Å². The second-order valence-corrected chi connectivity index (χ2v) is 11.6. The maximum atomic E-state index is 6.69. The first-order valence-electron chi connectivity index (χ1n) is 14.9. The Morgan fingerprint density at radius 1 is 0.349 bits per heavy atom. The largest absolute Gasteiger partial charge is 0.455 e. The summed E-state index contributed by atoms with van der Waals surface area (Å²) in [7, 11) is 0. The van der Waals surface area contributed by atoms with Gasteiger partial charge in [-0.1, -0.05) is 133 Å². The Kier molecular flexibility index (Phi) is 4.51. The summed E-state index contributed by atoms with van der Waals surface area (Å²) in [4.78, 5) is 0. The van der Waals surface area contributed by atoms with Crippen molar-refractivity contribution in [2.24, 2.45) is 0 Å². The molecule has 0 N–H and O–H groups in total. The zero-order valence-corrected chi connectivity index (χ0v) is 23.3. The molecule has 1 aromatic heterocycles. The van der Waals surface area contributed by atoms with Crippen LogP contribution < -0.4 is 0 Å². The van der Waals surface area contributed by atoms with E-state index in [0.29, 0.717) is 0 Å². The molecular formula is C42H24O. The molecule has 0 saturated heterocycles. The number of para-hydroxylation sites is 2. The summed E-state index contributed by atoms with van der Waals surface area (Å²) >= 11 is 0. The number of benzene rings is 8. The minimum Gasteiger partial charge on any atom is -0.455 e. The third-order valence-electron chi connectivity index (χ3n) is 9.39. The number of hydrogen-bond donors (Lipinski definition) is 0. The third-order valence-corrected chi connectivity index (χ3v) is 9.39. The highest BCUT2D eigenvalue weighted by Gasteiger charge is 2.29. The maximum Gasteiger partial charge on any atom is 0.143 e. The van der Waals surface area contributed by atoms with Gasteiger partial charge in [-0.2, -0.15) is 0 Å². The Labute approximate surface area is 248 Å². The summed E-state index contributed by atoms with van der Waals surface area (Å²) < 4.78 is 6.69. The quantitative estimate of drug-likeness (QED) is 0.197. The number of hydrogen-bond acceptors (Lipinski definition) is 1. The molecule has 0 fully saturated rings. The summed E-state index contributed by atoms with van der Waals surface area (Å²) in [5.41, 5.74) is 11.9. The molecule has 0 amide bonds. The average Bonchev–Trinajstić information content (AvgIpc) is 3.61. The molecule has 1 heteroatoms. The Balaban J connectivity index is 1.41. The van der Waals surface area contributed by atoms with Gasteiger partial charge in [0.25, 0.3) is 0 Å². The van der Waals surface area contributed by atoms with Crippen molar-refractivity contribution in [3.05, 3.63) is 146 Å². The lowest BCUT2D eigenvalue weighted by molar-refractivity contribution is 0.670. The zero-order valence-electron chi connectivity index (χ0n) is 23.3. The predicted molar refractivity (Wildman–Crippen MR) is 182 cm³/mol. The summed E-state index contributed by atoms with van der Waals surface area (Å²) in [5, 5.41) is 9.95. The van der Waals surface area contributed by atoms with Crippen LogP contribution in [0.2, 0.25) is 0 Å². The Hall–Kier alpha value is -5.66. The van der Waals surface area contributed by atoms with Gasteiger partial charge in [0.2, 0.25) is 0 Å². The topological polar surface area (TPSA) is 13.1 Å². The standard InChI is InChI=1S/C42H24O/c1-2-10-25(11-3-1)28-22-23-32-36-24-27-21-20-26-12-4-5-13-29(26)38(27)41(40(36)34-17-8-15-31(28)39(32)34)35-18-9-16-33-30-14-6-7-19-37(30)43-42(33)35/h1-24H. The predicted octanol–water partition coefficient (Wildman–Crippen LogP) is 12.0. The van der Waals surface area contributed by atoms with Crippen LogP contribution in [0.1, 0.15) is 0 Å². The normalized spacial score (nSPS) is 12.2. The van der Waals surface area contributed by atoms with Crippen molar-refractivity contribution in [1.82, 2.24) is 0 Å². The van der Waals surface area contributed by atoms with E-state index in [1.165, 1.54) is 71.3 Å². The Bertz CT molecular complexity index is 2600. The highest BCUT2D eigenvalue weighted by atomic mass is 16.3. The summed E-state index contributed by atoms with van der Waals surface area (Å²) in [6, 6.07) is 52.9. The molecule has 10 rings (SSSR count). The first-order chi connectivity index (χ1) is 21.3. The van der Waals surface area contributed by atoms with Gasteiger partial charge < -0.3 is 4.42 Å². The Morgan fingerprint density at radius 3 is 1.95 bits per heavy atom. The number of furan rings is 1. The second-order valence-electron chi connectivity index (χ2n) is 11.6. The monoisotopic (exact) mass is 544 g/mol. The van der Waals surface area contributed by atoms with Crippen molar-refractivity contribution in [3.8, 4) is 44.5 Å². The summed E-state index contributed by atoms with van der Waals surface area (Å²) in [6.45, 7) is 0. The highest BCUT2D eigenvalue weighted by molar-refractivity contribution is 6.29. The van der Waals surface area contributed by atoms with Gasteiger partial charge in [-0.3, -0.25) is 0 Å². The van der Waals surface area contributed by atoms with Gasteiger partial charge in [0.05, 0.1) is 0 Å². The van der Waals surface area contributed by atoms with Crippen LogP contribution in [-0.4, -0.2) is 0 Å². The Morgan fingerprint density at radius 2 is 1.05 bits per heavy atom. The minimum atomic E-state index is 0.921. The van der Waals surface area contributed by atoms with E-state index < -0.39 is 0 Å². The SMILES string of the molecule is c1ccc(-c2ccc3c4c(cccc24)-c2c-3cc3ccc4ccccc4c3c2-c2cccc3c2oc2ccccc23)cc1. The van der Waals surface area contributed by atoms with E-state index in [2.05, 4.69) is 146 Å². The van der Waals surface area contributed by atoms with Crippen LogP contribution in [0.5, 0.6) is 0 Å². The molecule has 1 nitrogen and oxygen atoms in total. The molecule has 198 valence electrons. The molecule has 8 aromatic carbocycles. The lowest BCUT2D eigenvalue weighted by atomic mass is 9.85. The van der Waals surface area contributed by atoms with E-state index >= 15 is 0 Å². The fourth-order valence-corrected chi connectivity index (χ4v) is 7.59. The van der Waals surface area contributed by atoms with Gasteiger partial charge in [0.15, 0.2) is 0 Å². The third kappa shape index (κ3) is 3.06. The van der Waals surface area contributed by atoms with Crippen LogP contribution in [0.3, 0.4) is 0 Å². The van der Waals surface area contributed by atoms with Gasteiger partial charge in [-0.05, 0) is 77.8 Å². The van der Waals surface area contributed by atoms with Crippen LogP contribution in [0.25, 0.3) is 98.8 Å². The minimum absolute atomic E-state index is 0.921. The molecular weight excluding hydrogens is 520 g/mol. The van der Waals surface area contributed by atoms with Crippen LogP contribution in [0.15, 0.2) is 150 Å². The number of fused-ring (bicyclic) bond motifs is 9. The lowest BCUT2D eigenvalue weighted by Crippen LogP contribution is -1.90. The molecule has 0 aliphatic heterocycles. The van der Waals surface area contributed by atoms with Crippen LogP contribution in [0.4, 0.5) is 0 Å². The number of rotatable bonds is 2. The molecule has 0 radical (unpaired) electrons. The van der Waals surface area contributed by atoms with E-state index in [-0.39, 0.29) is 0 Å². The summed E-state index contributed by atoms with van der Waals surface area (Å²) in [6.07, 6.45) is 0. The van der Waals surface area contributed by atoms with Crippen molar-refractivity contribution < 1.29 is 4.42 Å². The molecule has 9 aromatic rings. The molecule has 1 aliphatic carbocycles. The van der Waals surface area contributed by atoms with Gasteiger partial charge in [-0.25, -0.2) is 0 Å². The van der Waals surface area contributed by atoms with Crippen molar-refractivity contribution in [2.75, 3.05) is 0 Å². The average molecular weight is 545 g/mol. The molecule has 43 heavy (non-hydrogen) atoms. The first kappa shape index (κ1) is 23.0. The van der Waals surface area contributed by atoms with Crippen molar-refractivity contribution >= 4 is 54.3 Å².